The van der Waals surface area contributed by atoms with E-state index >= 15 is 0 Å². The SMILES string of the molecule is CNCC(C)C(=O)NC(C)Cn1cccn1.Cl.Cl. The lowest BCUT2D eigenvalue weighted by molar-refractivity contribution is -0.125. The molecule has 0 spiro atoms. The van der Waals surface area contributed by atoms with Crippen molar-refractivity contribution in [3.63, 3.8) is 0 Å². The summed E-state index contributed by atoms with van der Waals surface area (Å²) in [7, 11) is 1.84. The second-order valence-corrected chi connectivity index (χ2v) is 4.10. The number of rotatable bonds is 6. The average molecular weight is 297 g/mol. The molecular weight excluding hydrogens is 275 g/mol. The van der Waals surface area contributed by atoms with Crippen LogP contribution in [0.15, 0.2) is 18.5 Å². The van der Waals surface area contributed by atoms with Crippen LogP contribution in [0.4, 0.5) is 0 Å². The molecule has 0 aliphatic rings. The van der Waals surface area contributed by atoms with E-state index in [0.29, 0.717) is 13.1 Å². The molecule has 0 saturated carbocycles. The minimum atomic E-state index is -0.00919. The van der Waals surface area contributed by atoms with E-state index in [1.54, 1.807) is 6.20 Å². The van der Waals surface area contributed by atoms with Crippen LogP contribution < -0.4 is 10.6 Å². The molecule has 5 nitrogen and oxygen atoms in total. The quantitative estimate of drug-likeness (QED) is 0.826. The van der Waals surface area contributed by atoms with Gasteiger partial charge in [-0.25, -0.2) is 0 Å². The lowest BCUT2D eigenvalue weighted by Gasteiger charge is -2.17. The molecule has 0 aliphatic carbocycles. The molecule has 1 aromatic rings. The third-order valence-corrected chi connectivity index (χ3v) is 2.37. The molecule has 0 saturated heterocycles. The Labute approximate surface area is 121 Å². The maximum absolute atomic E-state index is 11.7. The van der Waals surface area contributed by atoms with Gasteiger partial charge in [0.25, 0.3) is 0 Å². The van der Waals surface area contributed by atoms with Gasteiger partial charge in [-0.1, -0.05) is 6.92 Å². The van der Waals surface area contributed by atoms with Crippen LogP contribution in [0.25, 0.3) is 0 Å². The highest BCUT2D eigenvalue weighted by atomic mass is 35.5. The molecule has 7 heteroatoms. The van der Waals surface area contributed by atoms with Gasteiger partial charge in [-0.15, -0.1) is 24.8 Å². The van der Waals surface area contributed by atoms with E-state index in [4.69, 9.17) is 0 Å². The van der Waals surface area contributed by atoms with Crippen LogP contribution in [0.3, 0.4) is 0 Å². The zero-order valence-corrected chi connectivity index (χ0v) is 12.6. The fourth-order valence-corrected chi connectivity index (χ4v) is 1.52. The first-order valence-corrected chi connectivity index (χ1v) is 5.56. The first-order chi connectivity index (χ1) is 7.63. The standard InChI is InChI=1S/C11H20N4O.2ClH/c1-9(7-12-3)11(16)14-10(2)8-15-6-4-5-13-15;;/h4-6,9-10,12H,7-8H2,1-3H3,(H,14,16);2*1H. The molecule has 1 aromatic heterocycles. The Balaban J connectivity index is 0. The Morgan fingerprint density at radius 3 is 2.56 bits per heavy atom. The number of hydrogen-bond acceptors (Lipinski definition) is 3. The Bertz CT molecular complexity index is 319. The van der Waals surface area contributed by atoms with E-state index in [1.807, 2.05) is 37.8 Å². The normalized spacial score (nSPS) is 12.8. The van der Waals surface area contributed by atoms with E-state index in [-0.39, 0.29) is 42.7 Å². The Morgan fingerprint density at radius 1 is 1.39 bits per heavy atom. The van der Waals surface area contributed by atoms with Gasteiger partial charge in [-0.05, 0) is 20.0 Å². The maximum Gasteiger partial charge on any atom is 0.224 e. The van der Waals surface area contributed by atoms with Gasteiger partial charge in [-0.3, -0.25) is 9.48 Å². The number of nitrogens with zero attached hydrogens (tertiary/aromatic N) is 2. The summed E-state index contributed by atoms with van der Waals surface area (Å²) in [6.07, 6.45) is 3.62. The van der Waals surface area contributed by atoms with Crippen molar-refractivity contribution in [2.24, 2.45) is 5.92 Å². The van der Waals surface area contributed by atoms with Crippen LogP contribution in [0.5, 0.6) is 0 Å². The van der Waals surface area contributed by atoms with Gasteiger partial charge in [0.05, 0.1) is 6.54 Å². The minimum absolute atomic E-state index is 0. The number of amides is 1. The van der Waals surface area contributed by atoms with Crippen molar-refractivity contribution in [1.82, 2.24) is 20.4 Å². The summed E-state index contributed by atoms with van der Waals surface area (Å²) in [6, 6.07) is 1.96. The van der Waals surface area contributed by atoms with Crippen LogP contribution in [-0.4, -0.2) is 35.3 Å². The summed E-state index contributed by atoms with van der Waals surface area (Å²) in [4.78, 5) is 11.7. The number of carbonyl (C=O) groups excluding carboxylic acids is 1. The van der Waals surface area contributed by atoms with Gasteiger partial charge in [0.1, 0.15) is 0 Å². The first-order valence-electron chi connectivity index (χ1n) is 5.56. The second kappa shape index (κ2) is 10.2. The van der Waals surface area contributed by atoms with Crippen LogP contribution in [0, 0.1) is 5.92 Å². The molecule has 1 heterocycles. The molecule has 18 heavy (non-hydrogen) atoms. The molecule has 0 bridgehead atoms. The predicted molar refractivity (Wildman–Crippen MR) is 77.4 cm³/mol. The Hall–Kier alpha value is -0.780. The van der Waals surface area contributed by atoms with Crippen molar-refractivity contribution in [3.05, 3.63) is 18.5 Å². The molecule has 0 aromatic carbocycles. The minimum Gasteiger partial charge on any atom is -0.352 e. The smallest absolute Gasteiger partial charge is 0.224 e. The summed E-state index contributed by atoms with van der Waals surface area (Å²) in [5, 5.41) is 10.0. The summed E-state index contributed by atoms with van der Waals surface area (Å²) in [5.41, 5.74) is 0. The van der Waals surface area contributed by atoms with Crippen LogP contribution >= 0.6 is 24.8 Å². The highest BCUT2D eigenvalue weighted by Crippen LogP contribution is 1.96. The molecule has 1 amide bonds. The highest BCUT2D eigenvalue weighted by molar-refractivity contribution is 5.85. The zero-order chi connectivity index (χ0) is 12.0. The maximum atomic E-state index is 11.7. The number of hydrogen-bond donors (Lipinski definition) is 2. The lowest BCUT2D eigenvalue weighted by atomic mass is 10.1. The van der Waals surface area contributed by atoms with Crippen molar-refractivity contribution >= 4 is 30.7 Å². The number of nitrogens with one attached hydrogen (secondary N) is 2. The first kappa shape index (κ1) is 19.6. The fraction of sp³-hybridized carbons (Fsp3) is 0.636. The zero-order valence-electron chi connectivity index (χ0n) is 10.9. The van der Waals surface area contributed by atoms with Crippen molar-refractivity contribution in [2.75, 3.05) is 13.6 Å². The summed E-state index contributed by atoms with van der Waals surface area (Å²) < 4.78 is 1.81. The van der Waals surface area contributed by atoms with Crippen LogP contribution in [-0.2, 0) is 11.3 Å². The summed E-state index contributed by atoms with van der Waals surface area (Å²) in [6.45, 7) is 5.28. The average Bonchev–Trinajstić information content (AvgIpc) is 2.70. The largest absolute Gasteiger partial charge is 0.352 e. The van der Waals surface area contributed by atoms with Crippen LogP contribution in [0.2, 0.25) is 0 Å². The molecule has 2 N–H and O–H groups in total. The van der Waals surface area contributed by atoms with E-state index in [2.05, 4.69) is 15.7 Å². The van der Waals surface area contributed by atoms with Gasteiger partial charge >= 0.3 is 0 Å². The second-order valence-electron chi connectivity index (χ2n) is 4.10. The third-order valence-electron chi connectivity index (χ3n) is 2.37. The number of aromatic nitrogens is 2. The van der Waals surface area contributed by atoms with Gasteiger partial charge in [-0.2, -0.15) is 5.10 Å². The van der Waals surface area contributed by atoms with E-state index in [1.165, 1.54) is 0 Å². The molecule has 106 valence electrons. The monoisotopic (exact) mass is 296 g/mol. The van der Waals surface area contributed by atoms with Crippen molar-refractivity contribution in [3.8, 4) is 0 Å². The number of halogens is 2. The molecule has 0 aliphatic heterocycles. The highest BCUT2D eigenvalue weighted by Gasteiger charge is 2.14. The van der Waals surface area contributed by atoms with Crippen molar-refractivity contribution in [2.45, 2.75) is 26.4 Å². The van der Waals surface area contributed by atoms with Gasteiger partial charge < -0.3 is 10.6 Å². The number of carbonyl (C=O) groups is 1. The molecule has 2 unspecified atom stereocenters. The van der Waals surface area contributed by atoms with E-state index in [9.17, 15) is 4.79 Å². The Kier molecular flexibility index (Phi) is 11.1. The molecule has 0 radical (unpaired) electrons. The van der Waals surface area contributed by atoms with E-state index in [0.717, 1.165) is 0 Å². The van der Waals surface area contributed by atoms with Gasteiger partial charge in [0, 0.05) is 30.9 Å². The van der Waals surface area contributed by atoms with E-state index < -0.39 is 0 Å². The molecular formula is C11H22Cl2N4O. The molecule has 2 atom stereocenters. The molecule has 0 fully saturated rings. The summed E-state index contributed by atoms with van der Waals surface area (Å²) >= 11 is 0. The lowest BCUT2D eigenvalue weighted by Crippen LogP contribution is -2.41. The summed E-state index contributed by atoms with van der Waals surface area (Å²) in [5.74, 6) is 0.0686. The predicted octanol–water partition coefficient (Wildman–Crippen LogP) is 1.09. The van der Waals surface area contributed by atoms with Gasteiger partial charge in [0.15, 0.2) is 0 Å². The third kappa shape index (κ3) is 6.83. The van der Waals surface area contributed by atoms with Crippen molar-refractivity contribution in [1.29, 1.82) is 0 Å². The van der Waals surface area contributed by atoms with Crippen LogP contribution in [0.1, 0.15) is 13.8 Å². The Morgan fingerprint density at radius 2 is 2.06 bits per heavy atom. The van der Waals surface area contributed by atoms with Crippen molar-refractivity contribution < 1.29 is 4.79 Å². The fourth-order valence-electron chi connectivity index (χ4n) is 1.52. The molecule has 1 rings (SSSR count). The van der Waals surface area contributed by atoms with Gasteiger partial charge in [0.2, 0.25) is 5.91 Å². The topological polar surface area (TPSA) is 59.0 Å².